The van der Waals surface area contributed by atoms with Crippen molar-refractivity contribution in [2.24, 2.45) is 13.0 Å². The molecule has 1 aromatic heterocycles. The Balaban J connectivity index is 1.78. The first-order chi connectivity index (χ1) is 7.75. The van der Waals surface area contributed by atoms with E-state index in [2.05, 4.69) is 20.7 Å². The molecule has 0 spiro atoms. The Bertz CT molecular complexity index is 356. The van der Waals surface area contributed by atoms with Gasteiger partial charge < -0.3 is 10.6 Å². The van der Waals surface area contributed by atoms with Crippen molar-refractivity contribution in [3.05, 3.63) is 12.2 Å². The van der Waals surface area contributed by atoms with Gasteiger partial charge in [0.25, 0.3) is 0 Å². The molecule has 1 atom stereocenters. The maximum atomic E-state index is 11.8. The smallest absolute Gasteiger partial charge is 0.224 e. The zero-order valence-corrected chi connectivity index (χ0v) is 9.44. The number of carbonyl (C=O) groups is 1. The predicted octanol–water partition coefficient (Wildman–Crippen LogP) is -0.569. The van der Waals surface area contributed by atoms with Crippen LogP contribution in [0.2, 0.25) is 0 Å². The van der Waals surface area contributed by atoms with Crippen LogP contribution in [0.4, 0.5) is 0 Å². The SMILES string of the molecule is Cn1cnc(CNC(=O)C2CCCNC2)n1. The van der Waals surface area contributed by atoms with E-state index in [4.69, 9.17) is 0 Å². The fourth-order valence-electron chi connectivity index (χ4n) is 1.85. The fraction of sp³-hybridized carbons (Fsp3) is 0.700. The highest BCUT2D eigenvalue weighted by atomic mass is 16.1. The second kappa shape index (κ2) is 5.07. The summed E-state index contributed by atoms with van der Waals surface area (Å²) in [7, 11) is 1.81. The monoisotopic (exact) mass is 223 g/mol. The lowest BCUT2D eigenvalue weighted by molar-refractivity contribution is -0.125. The number of hydrogen-bond donors (Lipinski definition) is 2. The summed E-state index contributed by atoms with van der Waals surface area (Å²) in [6.07, 6.45) is 3.66. The summed E-state index contributed by atoms with van der Waals surface area (Å²) in [6, 6.07) is 0. The summed E-state index contributed by atoms with van der Waals surface area (Å²) in [5.74, 6) is 0.844. The molecule has 1 saturated heterocycles. The minimum absolute atomic E-state index is 0.0949. The molecule has 2 rings (SSSR count). The molecule has 2 N–H and O–H groups in total. The van der Waals surface area contributed by atoms with Gasteiger partial charge in [0.15, 0.2) is 5.82 Å². The topological polar surface area (TPSA) is 71.8 Å². The van der Waals surface area contributed by atoms with Crippen LogP contribution in [0.25, 0.3) is 0 Å². The molecule has 1 aromatic rings. The van der Waals surface area contributed by atoms with Crippen molar-refractivity contribution in [1.82, 2.24) is 25.4 Å². The second-order valence-electron chi connectivity index (χ2n) is 4.10. The van der Waals surface area contributed by atoms with E-state index in [0.717, 1.165) is 25.9 Å². The summed E-state index contributed by atoms with van der Waals surface area (Å²) in [6.45, 7) is 2.21. The van der Waals surface area contributed by atoms with E-state index in [0.29, 0.717) is 12.4 Å². The number of carbonyl (C=O) groups excluding carboxylic acids is 1. The van der Waals surface area contributed by atoms with Crippen LogP contribution in [0.1, 0.15) is 18.7 Å². The molecule has 6 heteroatoms. The Kier molecular flexibility index (Phi) is 3.51. The lowest BCUT2D eigenvalue weighted by Crippen LogP contribution is -2.40. The van der Waals surface area contributed by atoms with Crippen molar-refractivity contribution in [1.29, 1.82) is 0 Å². The van der Waals surface area contributed by atoms with Crippen LogP contribution in [0.5, 0.6) is 0 Å². The van der Waals surface area contributed by atoms with Gasteiger partial charge in [0.2, 0.25) is 5.91 Å². The maximum absolute atomic E-state index is 11.8. The van der Waals surface area contributed by atoms with Crippen LogP contribution in [0, 0.1) is 5.92 Å². The average molecular weight is 223 g/mol. The summed E-state index contributed by atoms with van der Waals surface area (Å²) < 4.78 is 1.63. The number of nitrogens with zero attached hydrogens (tertiary/aromatic N) is 3. The van der Waals surface area contributed by atoms with E-state index in [-0.39, 0.29) is 11.8 Å². The molecule has 0 radical (unpaired) electrons. The van der Waals surface area contributed by atoms with Gasteiger partial charge in [-0.3, -0.25) is 9.48 Å². The van der Waals surface area contributed by atoms with Crippen molar-refractivity contribution in [3.63, 3.8) is 0 Å². The van der Waals surface area contributed by atoms with Gasteiger partial charge in [0, 0.05) is 13.6 Å². The zero-order chi connectivity index (χ0) is 11.4. The van der Waals surface area contributed by atoms with Gasteiger partial charge in [-0.2, -0.15) is 5.10 Å². The number of nitrogens with one attached hydrogen (secondary N) is 2. The van der Waals surface area contributed by atoms with Gasteiger partial charge >= 0.3 is 0 Å². The van der Waals surface area contributed by atoms with Crippen LogP contribution >= 0.6 is 0 Å². The second-order valence-corrected chi connectivity index (χ2v) is 4.10. The van der Waals surface area contributed by atoms with Crippen LogP contribution in [0.15, 0.2) is 6.33 Å². The highest BCUT2D eigenvalue weighted by Gasteiger charge is 2.20. The van der Waals surface area contributed by atoms with Crippen LogP contribution in [0.3, 0.4) is 0 Å². The largest absolute Gasteiger partial charge is 0.348 e. The first-order valence-electron chi connectivity index (χ1n) is 5.58. The lowest BCUT2D eigenvalue weighted by Gasteiger charge is -2.21. The number of amides is 1. The third kappa shape index (κ3) is 2.79. The Labute approximate surface area is 94.4 Å². The van der Waals surface area contributed by atoms with E-state index in [1.807, 2.05) is 7.05 Å². The Hall–Kier alpha value is -1.43. The molecule has 1 fully saturated rings. The zero-order valence-electron chi connectivity index (χ0n) is 9.44. The Morgan fingerprint density at radius 3 is 3.25 bits per heavy atom. The molecular weight excluding hydrogens is 206 g/mol. The number of aryl methyl sites for hydroxylation is 1. The molecule has 1 unspecified atom stereocenters. The first kappa shape index (κ1) is 11.1. The molecule has 6 nitrogen and oxygen atoms in total. The quantitative estimate of drug-likeness (QED) is 0.720. The van der Waals surface area contributed by atoms with Gasteiger partial charge in [0.05, 0.1) is 12.5 Å². The van der Waals surface area contributed by atoms with Crippen molar-refractivity contribution in [2.45, 2.75) is 19.4 Å². The molecule has 0 bridgehead atoms. The lowest BCUT2D eigenvalue weighted by atomic mass is 9.99. The fourth-order valence-corrected chi connectivity index (χ4v) is 1.85. The first-order valence-corrected chi connectivity index (χ1v) is 5.58. The van der Waals surface area contributed by atoms with Gasteiger partial charge in [-0.05, 0) is 19.4 Å². The van der Waals surface area contributed by atoms with Gasteiger partial charge in [-0.1, -0.05) is 0 Å². The van der Waals surface area contributed by atoms with Crippen molar-refractivity contribution in [2.75, 3.05) is 13.1 Å². The molecule has 0 saturated carbocycles. The number of rotatable bonds is 3. The third-order valence-electron chi connectivity index (χ3n) is 2.74. The molecule has 1 aliphatic heterocycles. The molecule has 2 heterocycles. The minimum atomic E-state index is 0.0949. The van der Waals surface area contributed by atoms with Gasteiger partial charge in [-0.15, -0.1) is 0 Å². The van der Waals surface area contributed by atoms with Crippen LogP contribution < -0.4 is 10.6 Å². The number of hydrogen-bond acceptors (Lipinski definition) is 4. The molecule has 88 valence electrons. The standard InChI is InChI=1S/C10H17N5O/c1-15-7-13-9(14-15)6-12-10(16)8-3-2-4-11-5-8/h7-8,11H,2-6H2,1H3,(H,12,16). The predicted molar refractivity (Wildman–Crippen MR) is 58.4 cm³/mol. The summed E-state index contributed by atoms with van der Waals surface area (Å²) in [5, 5.41) is 10.2. The molecule has 1 aliphatic rings. The van der Waals surface area contributed by atoms with E-state index < -0.39 is 0 Å². The minimum Gasteiger partial charge on any atom is -0.348 e. The number of aromatic nitrogens is 3. The molecule has 1 amide bonds. The number of piperidine rings is 1. The summed E-state index contributed by atoms with van der Waals surface area (Å²) in [4.78, 5) is 15.8. The van der Waals surface area contributed by atoms with E-state index in [1.165, 1.54) is 0 Å². The average Bonchev–Trinajstić information content (AvgIpc) is 2.73. The van der Waals surface area contributed by atoms with Crippen LogP contribution in [-0.4, -0.2) is 33.8 Å². The Morgan fingerprint density at radius 2 is 2.62 bits per heavy atom. The van der Waals surface area contributed by atoms with Gasteiger partial charge in [0.1, 0.15) is 6.33 Å². The van der Waals surface area contributed by atoms with E-state index in [9.17, 15) is 4.79 Å². The van der Waals surface area contributed by atoms with E-state index in [1.54, 1.807) is 11.0 Å². The van der Waals surface area contributed by atoms with Crippen LogP contribution in [-0.2, 0) is 18.4 Å². The normalized spacial score (nSPS) is 20.7. The highest BCUT2D eigenvalue weighted by molar-refractivity contribution is 5.78. The molecule has 0 aliphatic carbocycles. The maximum Gasteiger partial charge on any atom is 0.224 e. The summed E-state index contributed by atoms with van der Waals surface area (Å²) in [5.41, 5.74) is 0. The molecular formula is C10H17N5O. The highest BCUT2D eigenvalue weighted by Crippen LogP contribution is 2.09. The van der Waals surface area contributed by atoms with Gasteiger partial charge in [-0.25, -0.2) is 4.98 Å². The van der Waals surface area contributed by atoms with Crippen molar-refractivity contribution in [3.8, 4) is 0 Å². The third-order valence-corrected chi connectivity index (χ3v) is 2.74. The molecule has 16 heavy (non-hydrogen) atoms. The van der Waals surface area contributed by atoms with Crippen molar-refractivity contribution >= 4 is 5.91 Å². The Morgan fingerprint density at radius 1 is 1.75 bits per heavy atom. The van der Waals surface area contributed by atoms with E-state index >= 15 is 0 Å². The molecule has 0 aromatic carbocycles. The van der Waals surface area contributed by atoms with Crippen molar-refractivity contribution < 1.29 is 4.79 Å². The summed E-state index contributed by atoms with van der Waals surface area (Å²) >= 11 is 0.